The standard InChI is InChI=1S/C22H16N4O2/c1-23-19-12-22(16-6-2-3-7-17(16)25-21(22)28)13-26(19)20(27)15-9-8-14-5-4-10-24-18(14)11-15/h2-11,19H,12-13H2,(H,25,28)/t19-,22-/m0/s1. The number of aromatic nitrogens is 1. The van der Waals surface area contributed by atoms with E-state index in [2.05, 4.69) is 15.1 Å². The number of carbonyl (C=O) groups is 2. The molecule has 0 bridgehead atoms. The van der Waals surface area contributed by atoms with E-state index >= 15 is 0 Å². The van der Waals surface area contributed by atoms with Crippen LogP contribution in [-0.4, -0.2) is 34.4 Å². The number of benzene rings is 2. The van der Waals surface area contributed by atoms with Crippen LogP contribution in [0.4, 0.5) is 5.69 Å². The SMILES string of the molecule is [C-]#[N+][C@@H]1C[C@@]2(CN1C(=O)c1ccc3cccnc3c1)C(=O)Nc1ccccc12. The number of pyridine rings is 1. The molecule has 1 saturated heterocycles. The molecule has 0 saturated carbocycles. The van der Waals surface area contributed by atoms with E-state index in [1.165, 1.54) is 4.90 Å². The number of hydrogen-bond acceptors (Lipinski definition) is 3. The first kappa shape index (κ1) is 16.5. The first-order valence-corrected chi connectivity index (χ1v) is 9.06. The van der Waals surface area contributed by atoms with Crippen LogP contribution in [0.25, 0.3) is 15.7 Å². The highest BCUT2D eigenvalue weighted by Crippen LogP contribution is 2.46. The minimum absolute atomic E-state index is 0.141. The molecule has 3 aromatic rings. The van der Waals surface area contributed by atoms with Gasteiger partial charge >= 0.3 is 6.17 Å². The Hall–Kier alpha value is -3.72. The summed E-state index contributed by atoms with van der Waals surface area (Å²) in [7, 11) is 0. The zero-order valence-electron chi connectivity index (χ0n) is 14.9. The fourth-order valence-corrected chi connectivity index (χ4v) is 4.30. The third-order valence-corrected chi connectivity index (χ3v) is 5.72. The van der Waals surface area contributed by atoms with Crippen LogP contribution in [0.15, 0.2) is 60.8 Å². The minimum Gasteiger partial charge on any atom is -0.325 e. The van der Waals surface area contributed by atoms with Crippen molar-refractivity contribution >= 4 is 28.4 Å². The van der Waals surface area contributed by atoms with E-state index in [1.54, 1.807) is 18.3 Å². The van der Waals surface area contributed by atoms with Crippen molar-refractivity contribution in [3.8, 4) is 0 Å². The molecule has 2 aliphatic heterocycles. The van der Waals surface area contributed by atoms with Crippen molar-refractivity contribution in [3.63, 3.8) is 0 Å². The summed E-state index contributed by atoms with van der Waals surface area (Å²) in [5.74, 6) is -0.388. The molecule has 2 amide bonds. The monoisotopic (exact) mass is 368 g/mol. The Kier molecular flexibility index (Phi) is 3.46. The zero-order valence-corrected chi connectivity index (χ0v) is 14.9. The van der Waals surface area contributed by atoms with E-state index in [0.29, 0.717) is 12.0 Å². The van der Waals surface area contributed by atoms with E-state index < -0.39 is 11.6 Å². The normalized spacial score (nSPS) is 22.9. The summed E-state index contributed by atoms with van der Waals surface area (Å²) in [5.41, 5.74) is 1.97. The lowest BCUT2D eigenvalue weighted by Gasteiger charge is -2.21. The minimum atomic E-state index is -0.865. The number of nitrogens with one attached hydrogen (secondary N) is 1. The van der Waals surface area contributed by atoms with Crippen LogP contribution in [0.3, 0.4) is 0 Å². The molecule has 1 spiro atoms. The van der Waals surface area contributed by atoms with Gasteiger partial charge in [0.2, 0.25) is 5.91 Å². The van der Waals surface area contributed by atoms with Gasteiger partial charge < -0.3 is 5.32 Å². The van der Waals surface area contributed by atoms with Crippen molar-refractivity contribution < 1.29 is 9.59 Å². The maximum absolute atomic E-state index is 13.2. The van der Waals surface area contributed by atoms with Gasteiger partial charge in [0.05, 0.1) is 11.9 Å². The van der Waals surface area contributed by atoms with E-state index in [0.717, 1.165) is 22.2 Å². The van der Waals surface area contributed by atoms with Gasteiger partial charge in [0, 0.05) is 29.4 Å². The molecule has 1 fully saturated rings. The Labute approximate surface area is 161 Å². The summed E-state index contributed by atoms with van der Waals surface area (Å²) < 4.78 is 0. The largest absolute Gasteiger partial charge is 0.325 e. The molecule has 6 heteroatoms. The quantitative estimate of drug-likeness (QED) is 0.671. The van der Waals surface area contributed by atoms with Gasteiger partial charge in [-0.3, -0.25) is 24.3 Å². The maximum atomic E-state index is 13.2. The van der Waals surface area contributed by atoms with E-state index in [-0.39, 0.29) is 18.4 Å². The number of anilines is 1. The first-order valence-electron chi connectivity index (χ1n) is 9.06. The van der Waals surface area contributed by atoms with Crippen LogP contribution < -0.4 is 5.32 Å². The number of nitrogens with zero attached hydrogens (tertiary/aromatic N) is 3. The van der Waals surface area contributed by atoms with Crippen LogP contribution in [0.1, 0.15) is 22.3 Å². The second kappa shape index (κ2) is 5.89. The smallest absolute Gasteiger partial charge is 0.302 e. The van der Waals surface area contributed by atoms with Crippen LogP contribution >= 0.6 is 0 Å². The van der Waals surface area contributed by atoms with Crippen LogP contribution in [0.5, 0.6) is 0 Å². The molecule has 2 aliphatic rings. The fraction of sp³-hybridized carbons (Fsp3) is 0.182. The first-order chi connectivity index (χ1) is 13.6. The van der Waals surface area contributed by atoms with Crippen LogP contribution in [0, 0.1) is 6.57 Å². The average Bonchev–Trinajstić information content (AvgIpc) is 3.26. The molecule has 2 atom stereocenters. The Morgan fingerprint density at radius 1 is 1.21 bits per heavy atom. The number of rotatable bonds is 1. The zero-order chi connectivity index (χ0) is 19.3. The summed E-state index contributed by atoms with van der Waals surface area (Å²) in [5, 5.41) is 3.86. The van der Waals surface area contributed by atoms with Crippen molar-refractivity contribution in [3.05, 3.63) is 83.3 Å². The molecule has 28 heavy (non-hydrogen) atoms. The second-order valence-electron chi connectivity index (χ2n) is 7.24. The van der Waals surface area contributed by atoms with Crippen molar-refractivity contribution in [1.29, 1.82) is 0 Å². The van der Waals surface area contributed by atoms with Gasteiger partial charge in [-0.1, -0.05) is 30.3 Å². The van der Waals surface area contributed by atoms with Gasteiger partial charge in [-0.25, -0.2) is 6.57 Å². The van der Waals surface area contributed by atoms with Gasteiger partial charge in [-0.15, -0.1) is 0 Å². The molecule has 136 valence electrons. The highest BCUT2D eigenvalue weighted by atomic mass is 16.2. The van der Waals surface area contributed by atoms with Gasteiger partial charge in [-0.2, -0.15) is 0 Å². The highest BCUT2D eigenvalue weighted by Gasteiger charge is 2.58. The lowest BCUT2D eigenvalue weighted by atomic mass is 9.80. The number of hydrogen-bond donors (Lipinski definition) is 1. The van der Waals surface area contributed by atoms with Crippen molar-refractivity contribution in [2.75, 3.05) is 11.9 Å². The number of para-hydroxylation sites is 1. The molecule has 6 nitrogen and oxygen atoms in total. The molecule has 3 heterocycles. The molecule has 1 N–H and O–H groups in total. The summed E-state index contributed by atoms with van der Waals surface area (Å²) in [6, 6.07) is 16.6. The van der Waals surface area contributed by atoms with Gasteiger partial charge in [0.15, 0.2) is 0 Å². The number of carbonyl (C=O) groups excluding carboxylic acids is 2. The van der Waals surface area contributed by atoms with Crippen LogP contribution in [0.2, 0.25) is 0 Å². The van der Waals surface area contributed by atoms with Crippen LogP contribution in [-0.2, 0) is 10.2 Å². The lowest BCUT2D eigenvalue weighted by molar-refractivity contribution is -0.120. The second-order valence-corrected chi connectivity index (χ2v) is 7.24. The predicted octanol–water partition coefficient (Wildman–Crippen LogP) is 3.22. The van der Waals surface area contributed by atoms with Crippen molar-refractivity contribution in [2.45, 2.75) is 18.0 Å². The van der Waals surface area contributed by atoms with Gasteiger partial charge in [0.25, 0.3) is 5.91 Å². The summed E-state index contributed by atoms with van der Waals surface area (Å²) >= 11 is 0. The third kappa shape index (κ3) is 2.23. The van der Waals surface area contributed by atoms with E-state index in [4.69, 9.17) is 6.57 Å². The van der Waals surface area contributed by atoms with Gasteiger partial charge in [-0.05, 0) is 29.8 Å². The molecule has 0 unspecified atom stereocenters. The Balaban J connectivity index is 1.54. The van der Waals surface area contributed by atoms with Crippen molar-refractivity contribution in [2.24, 2.45) is 0 Å². The number of likely N-dealkylation sites (tertiary alicyclic amines) is 1. The molecular formula is C22H16N4O2. The number of amides is 2. The average molecular weight is 368 g/mol. The Bertz CT molecular complexity index is 1180. The summed E-state index contributed by atoms with van der Waals surface area (Å²) in [6.07, 6.45) is 1.31. The Morgan fingerprint density at radius 2 is 2.07 bits per heavy atom. The molecular weight excluding hydrogens is 352 g/mol. The van der Waals surface area contributed by atoms with Crippen molar-refractivity contribution in [1.82, 2.24) is 9.88 Å². The van der Waals surface area contributed by atoms with Gasteiger partial charge in [0.1, 0.15) is 5.41 Å². The predicted molar refractivity (Wildman–Crippen MR) is 105 cm³/mol. The maximum Gasteiger partial charge on any atom is 0.302 e. The molecule has 0 aliphatic carbocycles. The summed E-state index contributed by atoms with van der Waals surface area (Å²) in [4.78, 5) is 35.6. The highest BCUT2D eigenvalue weighted by molar-refractivity contribution is 6.08. The summed E-state index contributed by atoms with van der Waals surface area (Å²) in [6.45, 7) is 7.80. The molecule has 0 radical (unpaired) electrons. The fourth-order valence-electron chi connectivity index (χ4n) is 4.30. The van der Waals surface area contributed by atoms with E-state index in [9.17, 15) is 9.59 Å². The van der Waals surface area contributed by atoms with E-state index in [1.807, 2.05) is 42.5 Å². The molecule has 2 aromatic carbocycles. The molecule has 1 aromatic heterocycles. The Morgan fingerprint density at radius 3 is 2.93 bits per heavy atom. The third-order valence-electron chi connectivity index (χ3n) is 5.72. The lowest BCUT2D eigenvalue weighted by Crippen LogP contribution is -2.40. The molecule has 5 rings (SSSR count). The topological polar surface area (TPSA) is 66.7 Å². The number of fused-ring (bicyclic) bond motifs is 3.